The minimum absolute atomic E-state index is 0. The van der Waals surface area contributed by atoms with Crippen LogP contribution < -0.4 is 0 Å². The number of pyridine rings is 1. The Balaban J connectivity index is 0.000001000. The molecule has 0 radical (unpaired) electrons. The van der Waals surface area contributed by atoms with Crippen molar-refractivity contribution in [1.29, 1.82) is 0 Å². The summed E-state index contributed by atoms with van der Waals surface area (Å²) in [6, 6.07) is 2.73. The molecular weight excluding hydrogens is 193 g/mol. The third-order valence-corrected chi connectivity index (χ3v) is 0.989. The van der Waals surface area contributed by atoms with E-state index in [2.05, 4.69) is 4.98 Å². The molecule has 11 heavy (non-hydrogen) atoms. The zero-order valence-corrected chi connectivity index (χ0v) is 6.29. The van der Waals surface area contributed by atoms with Crippen LogP contribution in [0.1, 0.15) is 10.5 Å². The van der Waals surface area contributed by atoms with Gasteiger partial charge in [0.1, 0.15) is 5.75 Å². The molecule has 1 rings (SSSR count). The average Bonchev–Trinajstić information content (AvgIpc) is 1.88. The Bertz CT molecular complexity index is 264. The van der Waals surface area contributed by atoms with Crippen molar-refractivity contribution in [1.82, 2.24) is 4.98 Å². The molecule has 4 nitrogen and oxygen atoms in total. The third kappa shape index (κ3) is 2.20. The SMILES string of the molecule is O=C(O)c1ncccc1O.[Ni]. The van der Waals surface area contributed by atoms with Crippen LogP contribution >= 0.6 is 0 Å². The molecule has 1 heterocycles. The van der Waals surface area contributed by atoms with Crippen LogP contribution in [0.25, 0.3) is 0 Å². The Morgan fingerprint density at radius 3 is 2.55 bits per heavy atom. The number of aromatic nitrogens is 1. The van der Waals surface area contributed by atoms with E-state index in [9.17, 15) is 4.79 Å². The second-order valence-corrected chi connectivity index (χ2v) is 1.68. The molecule has 1 aromatic rings. The summed E-state index contributed by atoms with van der Waals surface area (Å²) in [6.07, 6.45) is 1.31. The molecule has 0 aliphatic carbocycles. The minimum Gasteiger partial charge on any atom is -0.505 e. The summed E-state index contributed by atoms with van der Waals surface area (Å²) < 4.78 is 0. The molecule has 0 atom stereocenters. The maximum atomic E-state index is 10.2. The topological polar surface area (TPSA) is 70.4 Å². The van der Waals surface area contributed by atoms with Crippen LogP contribution in [0.3, 0.4) is 0 Å². The van der Waals surface area contributed by atoms with Crippen molar-refractivity contribution in [3.63, 3.8) is 0 Å². The number of carboxylic acid groups (broad SMARTS) is 1. The summed E-state index contributed by atoms with van der Waals surface area (Å²) in [5.74, 6) is -1.53. The zero-order chi connectivity index (χ0) is 7.56. The van der Waals surface area contributed by atoms with Crippen molar-refractivity contribution >= 4 is 5.97 Å². The Morgan fingerprint density at radius 1 is 1.55 bits per heavy atom. The van der Waals surface area contributed by atoms with Crippen molar-refractivity contribution in [3.8, 4) is 5.75 Å². The molecule has 2 N–H and O–H groups in total. The molecule has 0 saturated heterocycles. The van der Waals surface area contributed by atoms with Gasteiger partial charge in [-0.05, 0) is 12.1 Å². The molecule has 0 bridgehead atoms. The number of hydrogen-bond acceptors (Lipinski definition) is 3. The number of aromatic hydroxyl groups is 1. The van der Waals surface area contributed by atoms with E-state index >= 15 is 0 Å². The molecule has 0 spiro atoms. The van der Waals surface area contributed by atoms with Gasteiger partial charge < -0.3 is 10.2 Å². The zero-order valence-electron chi connectivity index (χ0n) is 5.30. The van der Waals surface area contributed by atoms with Gasteiger partial charge in [-0.25, -0.2) is 9.78 Å². The summed E-state index contributed by atoms with van der Waals surface area (Å²) in [6.45, 7) is 0. The first-order valence-corrected chi connectivity index (χ1v) is 2.59. The van der Waals surface area contributed by atoms with Gasteiger partial charge in [0.15, 0.2) is 5.69 Å². The van der Waals surface area contributed by atoms with Crippen molar-refractivity contribution in [2.24, 2.45) is 0 Å². The molecule has 1 aromatic heterocycles. The van der Waals surface area contributed by atoms with Gasteiger partial charge in [-0.15, -0.1) is 0 Å². The molecule has 62 valence electrons. The van der Waals surface area contributed by atoms with Crippen LogP contribution in [-0.4, -0.2) is 21.2 Å². The fourth-order valence-corrected chi connectivity index (χ4v) is 0.562. The normalized spacial score (nSPS) is 8.36. The first-order valence-electron chi connectivity index (χ1n) is 2.59. The van der Waals surface area contributed by atoms with Crippen molar-refractivity contribution in [3.05, 3.63) is 24.0 Å². The standard InChI is InChI=1S/C6H5NO3.Ni/c8-4-2-1-3-7-5(4)6(9)10;/h1-3,8H,(H,9,10);. The monoisotopic (exact) mass is 197 g/mol. The number of hydrogen-bond donors (Lipinski definition) is 2. The van der Waals surface area contributed by atoms with E-state index in [0.29, 0.717) is 0 Å². The van der Waals surface area contributed by atoms with Gasteiger partial charge in [0.05, 0.1) is 0 Å². The molecule has 0 aliphatic rings. The predicted octanol–water partition coefficient (Wildman–Crippen LogP) is 0.483. The average molecular weight is 198 g/mol. The van der Waals surface area contributed by atoms with Gasteiger partial charge in [0.25, 0.3) is 0 Å². The fourth-order valence-electron chi connectivity index (χ4n) is 0.562. The Labute approximate surface area is 72.8 Å². The summed E-state index contributed by atoms with van der Waals surface area (Å²) in [5, 5.41) is 17.2. The maximum Gasteiger partial charge on any atom is 0.358 e. The number of rotatable bonds is 1. The Kier molecular flexibility index (Phi) is 3.54. The molecule has 0 aromatic carbocycles. The molecule has 0 fully saturated rings. The van der Waals surface area contributed by atoms with Crippen molar-refractivity contribution < 1.29 is 31.5 Å². The van der Waals surface area contributed by atoms with E-state index in [0.717, 1.165) is 0 Å². The summed E-state index contributed by atoms with van der Waals surface area (Å²) >= 11 is 0. The van der Waals surface area contributed by atoms with Gasteiger partial charge in [0.2, 0.25) is 0 Å². The second-order valence-electron chi connectivity index (χ2n) is 1.68. The van der Waals surface area contributed by atoms with Gasteiger partial charge in [-0.1, -0.05) is 0 Å². The van der Waals surface area contributed by atoms with E-state index in [1.165, 1.54) is 18.3 Å². The van der Waals surface area contributed by atoms with Gasteiger partial charge >= 0.3 is 5.97 Å². The second kappa shape index (κ2) is 3.93. The molecule has 0 aliphatic heterocycles. The third-order valence-electron chi connectivity index (χ3n) is 0.989. The fraction of sp³-hybridized carbons (Fsp3) is 0. The van der Waals surface area contributed by atoms with E-state index in [1.807, 2.05) is 0 Å². The van der Waals surface area contributed by atoms with Crippen LogP contribution in [0.5, 0.6) is 5.75 Å². The first-order chi connectivity index (χ1) is 4.72. The Morgan fingerprint density at radius 2 is 2.18 bits per heavy atom. The number of carbonyl (C=O) groups is 1. The van der Waals surface area contributed by atoms with Crippen LogP contribution in [0.15, 0.2) is 18.3 Å². The van der Waals surface area contributed by atoms with Crippen LogP contribution in [-0.2, 0) is 16.5 Å². The Hall–Kier alpha value is -1.09. The predicted molar refractivity (Wildman–Crippen MR) is 32.9 cm³/mol. The quantitative estimate of drug-likeness (QED) is 0.643. The summed E-state index contributed by atoms with van der Waals surface area (Å²) in [4.78, 5) is 13.6. The van der Waals surface area contributed by atoms with Gasteiger partial charge in [-0.3, -0.25) is 0 Å². The van der Waals surface area contributed by atoms with Crippen molar-refractivity contribution in [2.45, 2.75) is 0 Å². The molecule has 5 heteroatoms. The molecule has 0 amide bonds. The smallest absolute Gasteiger partial charge is 0.358 e. The summed E-state index contributed by atoms with van der Waals surface area (Å²) in [7, 11) is 0. The first kappa shape index (κ1) is 9.91. The number of aromatic carboxylic acids is 1. The maximum absolute atomic E-state index is 10.2. The molecule has 0 unspecified atom stereocenters. The van der Waals surface area contributed by atoms with E-state index in [1.54, 1.807) is 0 Å². The van der Waals surface area contributed by atoms with E-state index in [4.69, 9.17) is 10.2 Å². The van der Waals surface area contributed by atoms with Crippen molar-refractivity contribution in [2.75, 3.05) is 0 Å². The van der Waals surface area contributed by atoms with E-state index < -0.39 is 5.97 Å². The van der Waals surface area contributed by atoms with Crippen LogP contribution in [0, 0.1) is 0 Å². The van der Waals surface area contributed by atoms with Gasteiger partial charge in [-0.2, -0.15) is 0 Å². The largest absolute Gasteiger partial charge is 0.505 e. The van der Waals surface area contributed by atoms with Crippen LogP contribution in [0.2, 0.25) is 0 Å². The van der Waals surface area contributed by atoms with E-state index in [-0.39, 0.29) is 27.9 Å². The van der Waals surface area contributed by atoms with Crippen LogP contribution in [0.4, 0.5) is 0 Å². The number of carboxylic acids is 1. The summed E-state index contributed by atoms with van der Waals surface area (Å²) in [5.41, 5.74) is -0.317. The minimum atomic E-state index is -1.22. The molecule has 0 saturated carbocycles. The van der Waals surface area contributed by atoms with Gasteiger partial charge in [0, 0.05) is 22.7 Å². The molecular formula is C6H5NNiO3. The number of nitrogens with zero attached hydrogens (tertiary/aromatic N) is 1.